The summed E-state index contributed by atoms with van der Waals surface area (Å²) in [5.74, 6) is -0.327. The predicted molar refractivity (Wildman–Crippen MR) is 133 cm³/mol. The number of anilines is 1. The Labute approximate surface area is 210 Å². The van der Waals surface area contributed by atoms with Crippen molar-refractivity contribution in [1.82, 2.24) is 19.1 Å². The molecule has 180 valence electrons. The third-order valence-electron chi connectivity index (χ3n) is 6.16. The highest BCUT2D eigenvalue weighted by Crippen LogP contribution is 2.36. The number of pyridine rings is 2. The van der Waals surface area contributed by atoms with E-state index in [4.69, 9.17) is 27.9 Å². The summed E-state index contributed by atoms with van der Waals surface area (Å²) < 4.78 is 9.30. The summed E-state index contributed by atoms with van der Waals surface area (Å²) in [7, 11) is 1.79. The molecule has 0 bridgehead atoms. The molecule has 1 aliphatic rings. The highest BCUT2D eigenvalue weighted by atomic mass is 35.5. The first-order valence-electron chi connectivity index (χ1n) is 10.9. The lowest BCUT2D eigenvalue weighted by Crippen LogP contribution is -2.34. The van der Waals surface area contributed by atoms with Gasteiger partial charge in [-0.2, -0.15) is 0 Å². The second-order valence-electron chi connectivity index (χ2n) is 8.32. The van der Waals surface area contributed by atoms with Crippen LogP contribution >= 0.6 is 23.2 Å². The number of rotatable bonds is 6. The molecule has 0 spiro atoms. The number of hydrogen-bond acceptors (Lipinski definition) is 6. The van der Waals surface area contributed by atoms with Gasteiger partial charge >= 0.3 is 5.97 Å². The van der Waals surface area contributed by atoms with Gasteiger partial charge in [0.15, 0.2) is 0 Å². The molecule has 11 heteroatoms. The van der Waals surface area contributed by atoms with Gasteiger partial charge in [0.1, 0.15) is 23.0 Å². The van der Waals surface area contributed by atoms with Crippen LogP contribution in [0.1, 0.15) is 23.2 Å². The summed E-state index contributed by atoms with van der Waals surface area (Å²) in [6, 6.07) is 6.84. The van der Waals surface area contributed by atoms with Crippen molar-refractivity contribution in [1.29, 1.82) is 0 Å². The van der Waals surface area contributed by atoms with Crippen LogP contribution in [0.3, 0.4) is 0 Å². The quantitative estimate of drug-likeness (QED) is 0.412. The Kier molecular flexibility index (Phi) is 6.12. The Morgan fingerprint density at radius 3 is 2.83 bits per heavy atom. The van der Waals surface area contributed by atoms with Crippen LogP contribution in [0.5, 0.6) is 5.88 Å². The molecule has 1 saturated heterocycles. The van der Waals surface area contributed by atoms with E-state index in [0.29, 0.717) is 33.9 Å². The molecule has 3 aromatic heterocycles. The molecule has 1 aromatic carbocycles. The Balaban J connectivity index is 1.59. The largest absolute Gasteiger partial charge is 0.477 e. The van der Waals surface area contributed by atoms with Crippen molar-refractivity contribution in [2.45, 2.75) is 18.9 Å². The monoisotopic (exact) mass is 513 g/mol. The number of aromatic nitrogens is 4. The number of imidazole rings is 1. The number of halogens is 2. The molecule has 0 radical (unpaired) electrons. The van der Waals surface area contributed by atoms with Crippen molar-refractivity contribution in [3.8, 4) is 11.7 Å². The number of benzene rings is 1. The molecule has 4 heterocycles. The van der Waals surface area contributed by atoms with Gasteiger partial charge < -0.3 is 23.9 Å². The topological polar surface area (TPSA) is 102 Å². The van der Waals surface area contributed by atoms with Gasteiger partial charge in [-0.15, -0.1) is 0 Å². The average Bonchev–Trinajstić information content (AvgIpc) is 3.47. The zero-order chi connectivity index (χ0) is 24.7. The van der Waals surface area contributed by atoms with Crippen molar-refractivity contribution in [3.63, 3.8) is 0 Å². The summed E-state index contributed by atoms with van der Waals surface area (Å²) in [4.78, 5) is 35.2. The van der Waals surface area contributed by atoms with Crippen LogP contribution in [-0.2, 0) is 7.05 Å². The molecular formula is C24H21Cl2N5O4. The maximum atomic E-state index is 13.0. The number of carbonyl (C=O) groups is 1. The van der Waals surface area contributed by atoms with Crippen LogP contribution in [0.2, 0.25) is 10.0 Å². The standard InChI is InChI=1S/C24H21Cl2N5O4/c1-29-13-27-10-21(29)31-11-16(24(33)34)22(32)15-8-18(26)20(9-19(15)31)30-7-3-4-14(30)12-35-23-17(25)5-2-6-28-23/h2,5-6,8-11,13-14H,3-4,7,12H2,1H3,(H,33,34)/t14-/m1/s1. The van der Waals surface area contributed by atoms with Gasteiger partial charge in [0.25, 0.3) is 0 Å². The molecule has 0 aliphatic carbocycles. The van der Waals surface area contributed by atoms with Gasteiger partial charge in [-0.1, -0.05) is 23.2 Å². The van der Waals surface area contributed by atoms with Crippen LogP contribution < -0.4 is 15.1 Å². The first kappa shape index (κ1) is 23.2. The summed E-state index contributed by atoms with van der Waals surface area (Å²) >= 11 is 12.9. The van der Waals surface area contributed by atoms with Crippen molar-refractivity contribution in [3.05, 3.63) is 75.0 Å². The lowest BCUT2D eigenvalue weighted by atomic mass is 10.1. The van der Waals surface area contributed by atoms with E-state index in [1.807, 2.05) is 6.07 Å². The van der Waals surface area contributed by atoms with E-state index < -0.39 is 11.4 Å². The van der Waals surface area contributed by atoms with E-state index in [0.717, 1.165) is 25.1 Å². The molecule has 1 fully saturated rings. The van der Waals surface area contributed by atoms with Gasteiger partial charge in [-0.25, -0.2) is 14.8 Å². The fourth-order valence-electron chi connectivity index (χ4n) is 4.46. The van der Waals surface area contributed by atoms with Crippen LogP contribution in [-0.4, -0.2) is 49.4 Å². The van der Waals surface area contributed by atoms with E-state index in [-0.39, 0.29) is 17.0 Å². The summed E-state index contributed by atoms with van der Waals surface area (Å²) in [5, 5.41) is 10.6. The fraction of sp³-hybridized carbons (Fsp3) is 0.250. The lowest BCUT2D eigenvalue weighted by molar-refractivity contribution is 0.0695. The van der Waals surface area contributed by atoms with E-state index in [9.17, 15) is 14.7 Å². The molecule has 9 nitrogen and oxygen atoms in total. The lowest BCUT2D eigenvalue weighted by Gasteiger charge is -2.28. The molecule has 4 aromatic rings. The number of ether oxygens (including phenoxy) is 1. The van der Waals surface area contributed by atoms with Crippen LogP contribution in [0, 0.1) is 0 Å². The minimum Gasteiger partial charge on any atom is -0.477 e. The molecule has 1 N–H and O–H groups in total. The molecular weight excluding hydrogens is 493 g/mol. The minimum atomic E-state index is -1.31. The van der Waals surface area contributed by atoms with Crippen molar-refractivity contribution in [2.75, 3.05) is 18.1 Å². The Bertz CT molecular complexity index is 1500. The molecule has 35 heavy (non-hydrogen) atoms. The Morgan fingerprint density at radius 2 is 2.11 bits per heavy atom. The Morgan fingerprint density at radius 1 is 1.29 bits per heavy atom. The number of nitrogens with zero attached hydrogens (tertiary/aromatic N) is 5. The van der Waals surface area contributed by atoms with Gasteiger partial charge in [-0.05, 0) is 37.1 Å². The average molecular weight is 514 g/mol. The zero-order valence-corrected chi connectivity index (χ0v) is 20.2. The number of fused-ring (bicyclic) bond motifs is 1. The first-order valence-corrected chi connectivity index (χ1v) is 11.7. The third kappa shape index (κ3) is 4.21. The maximum Gasteiger partial charge on any atom is 0.341 e. The second-order valence-corrected chi connectivity index (χ2v) is 9.14. The van der Waals surface area contributed by atoms with Crippen LogP contribution in [0.15, 0.2) is 54.0 Å². The number of aromatic carboxylic acids is 1. The fourth-order valence-corrected chi connectivity index (χ4v) is 4.91. The number of carboxylic acid groups (broad SMARTS) is 1. The molecule has 0 amide bonds. The van der Waals surface area contributed by atoms with E-state index in [1.54, 1.807) is 53.1 Å². The predicted octanol–water partition coefficient (Wildman–Crippen LogP) is 4.17. The SMILES string of the molecule is Cn1cncc1-n1cc(C(=O)O)c(=O)c2cc(Cl)c(N3CCC[C@@H]3COc3ncccc3Cl)cc21. The van der Waals surface area contributed by atoms with Crippen molar-refractivity contribution >= 4 is 45.8 Å². The summed E-state index contributed by atoms with van der Waals surface area (Å²) in [5.41, 5.74) is 0.325. The molecule has 1 aliphatic heterocycles. The molecule has 5 rings (SSSR count). The van der Waals surface area contributed by atoms with Gasteiger partial charge in [0.2, 0.25) is 11.3 Å². The number of carboxylic acids is 1. The van der Waals surface area contributed by atoms with E-state index >= 15 is 0 Å². The third-order valence-corrected chi connectivity index (χ3v) is 6.75. The first-order chi connectivity index (χ1) is 16.8. The smallest absolute Gasteiger partial charge is 0.341 e. The van der Waals surface area contributed by atoms with Crippen molar-refractivity contribution in [2.24, 2.45) is 7.05 Å². The molecule has 0 unspecified atom stereocenters. The van der Waals surface area contributed by atoms with Crippen LogP contribution in [0.4, 0.5) is 5.69 Å². The van der Waals surface area contributed by atoms with E-state index in [1.165, 1.54) is 6.20 Å². The second kappa shape index (κ2) is 9.24. The Hall–Kier alpha value is -3.56. The summed E-state index contributed by atoms with van der Waals surface area (Å²) in [6.45, 7) is 1.11. The minimum absolute atomic E-state index is 0.0122. The van der Waals surface area contributed by atoms with Crippen molar-refractivity contribution < 1.29 is 14.6 Å². The highest BCUT2D eigenvalue weighted by Gasteiger charge is 2.29. The van der Waals surface area contributed by atoms with Gasteiger partial charge in [-0.3, -0.25) is 4.79 Å². The highest BCUT2D eigenvalue weighted by molar-refractivity contribution is 6.34. The normalized spacial score (nSPS) is 15.6. The van der Waals surface area contributed by atoms with Gasteiger partial charge in [0, 0.05) is 31.4 Å². The van der Waals surface area contributed by atoms with Gasteiger partial charge in [0.05, 0.1) is 34.8 Å². The maximum absolute atomic E-state index is 13.0. The zero-order valence-electron chi connectivity index (χ0n) is 18.7. The molecule has 1 atom stereocenters. The number of hydrogen-bond donors (Lipinski definition) is 1. The molecule has 0 saturated carbocycles. The van der Waals surface area contributed by atoms with Crippen LogP contribution in [0.25, 0.3) is 16.7 Å². The number of aryl methyl sites for hydroxylation is 1. The summed E-state index contributed by atoms with van der Waals surface area (Å²) in [6.07, 6.45) is 7.97. The van der Waals surface area contributed by atoms with E-state index in [2.05, 4.69) is 14.9 Å².